The second-order valence-electron chi connectivity index (χ2n) is 5.49. The van der Waals surface area contributed by atoms with Gasteiger partial charge in [-0.25, -0.2) is 0 Å². The largest absolute Gasteiger partial charge is 0.324 e. The lowest BCUT2D eigenvalue weighted by Gasteiger charge is -2.54. The molecule has 1 saturated heterocycles. The Balaban J connectivity index is 2.62. The Morgan fingerprint density at radius 3 is 1.75 bits per heavy atom. The molecule has 72 valence electrons. The SMILES string of the molecule is CC(C)(N)C1CCN1C(C)(C)C. The van der Waals surface area contributed by atoms with E-state index in [2.05, 4.69) is 39.5 Å². The molecule has 0 amide bonds. The van der Waals surface area contributed by atoms with Crippen LogP contribution in [0, 0.1) is 0 Å². The van der Waals surface area contributed by atoms with Gasteiger partial charge < -0.3 is 5.73 Å². The molecular weight excluding hydrogens is 148 g/mol. The highest BCUT2D eigenvalue weighted by molar-refractivity contribution is 5.01. The van der Waals surface area contributed by atoms with E-state index in [0.29, 0.717) is 6.04 Å². The van der Waals surface area contributed by atoms with E-state index in [-0.39, 0.29) is 11.1 Å². The fourth-order valence-corrected chi connectivity index (χ4v) is 1.96. The molecule has 1 unspecified atom stereocenters. The van der Waals surface area contributed by atoms with Crippen molar-refractivity contribution in [1.82, 2.24) is 4.90 Å². The molecule has 1 atom stereocenters. The molecule has 0 spiro atoms. The summed E-state index contributed by atoms with van der Waals surface area (Å²) in [5.41, 5.74) is 6.31. The molecule has 12 heavy (non-hydrogen) atoms. The molecule has 2 nitrogen and oxygen atoms in total. The van der Waals surface area contributed by atoms with Crippen LogP contribution in [-0.4, -0.2) is 28.6 Å². The molecule has 0 aromatic carbocycles. The van der Waals surface area contributed by atoms with Gasteiger partial charge in [-0.3, -0.25) is 4.90 Å². The number of rotatable bonds is 1. The third-order valence-electron chi connectivity index (χ3n) is 2.74. The van der Waals surface area contributed by atoms with E-state index in [0.717, 1.165) is 0 Å². The summed E-state index contributed by atoms with van der Waals surface area (Å²) < 4.78 is 0. The predicted octanol–water partition coefficient (Wildman–Crippen LogP) is 1.60. The molecule has 2 heteroatoms. The summed E-state index contributed by atoms with van der Waals surface area (Å²) in [6.07, 6.45) is 1.25. The predicted molar refractivity (Wildman–Crippen MR) is 53.1 cm³/mol. The van der Waals surface area contributed by atoms with E-state index >= 15 is 0 Å². The first kappa shape index (κ1) is 10.0. The molecule has 1 aliphatic heterocycles. The first-order valence-electron chi connectivity index (χ1n) is 4.78. The van der Waals surface area contributed by atoms with Gasteiger partial charge >= 0.3 is 0 Å². The molecule has 0 bridgehead atoms. The Hall–Kier alpha value is -0.0800. The summed E-state index contributed by atoms with van der Waals surface area (Å²) in [4.78, 5) is 2.49. The van der Waals surface area contributed by atoms with Crippen LogP contribution in [0.25, 0.3) is 0 Å². The van der Waals surface area contributed by atoms with Gasteiger partial charge in [-0.1, -0.05) is 0 Å². The average Bonchev–Trinajstić information content (AvgIpc) is 1.46. The third kappa shape index (κ3) is 1.80. The number of nitrogens with zero attached hydrogens (tertiary/aromatic N) is 1. The first-order valence-corrected chi connectivity index (χ1v) is 4.78. The van der Waals surface area contributed by atoms with Crippen LogP contribution < -0.4 is 5.73 Å². The summed E-state index contributed by atoms with van der Waals surface area (Å²) in [7, 11) is 0. The summed E-state index contributed by atoms with van der Waals surface area (Å²) in [5, 5.41) is 0. The molecule has 0 aromatic heterocycles. The van der Waals surface area contributed by atoms with Crippen molar-refractivity contribution in [1.29, 1.82) is 0 Å². The molecule has 0 aliphatic carbocycles. The second kappa shape index (κ2) is 2.71. The molecule has 2 N–H and O–H groups in total. The Labute approximate surface area is 76.1 Å². The highest BCUT2D eigenvalue weighted by Crippen LogP contribution is 2.32. The number of nitrogens with two attached hydrogens (primary N) is 1. The Morgan fingerprint density at radius 2 is 1.67 bits per heavy atom. The Morgan fingerprint density at radius 1 is 1.17 bits per heavy atom. The van der Waals surface area contributed by atoms with Crippen molar-refractivity contribution in [2.75, 3.05) is 6.54 Å². The van der Waals surface area contributed by atoms with Gasteiger partial charge in [0.2, 0.25) is 0 Å². The lowest BCUT2D eigenvalue weighted by molar-refractivity contribution is -0.0310. The van der Waals surface area contributed by atoms with E-state index in [9.17, 15) is 0 Å². The van der Waals surface area contributed by atoms with Crippen LogP contribution in [-0.2, 0) is 0 Å². The lowest BCUT2D eigenvalue weighted by Crippen LogP contribution is -2.67. The number of hydrogen-bond acceptors (Lipinski definition) is 2. The van der Waals surface area contributed by atoms with Gasteiger partial charge in [-0.15, -0.1) is 0 Å². The highest BCUT2D eigenvalue weighted by Gasteiger charge is 2.42. The number of likely N-dealkylation sites (tertiary alicyclic amines) is 1. The summed E-state index contributed by atoms with van der Waals surface area (Å²) >= 11 is 0. The van der Waals surface area contributed by atoms with Gasteiger partial charge in [-0.2, -0.15) is 0 Å². The van der Waals surface area contributed by atoms with Gasteiger partial charge in [-0.05, 0) is 41.0 Å². The molecule has 1 fully saturated rings. The van der Waals surface area contributed by atoms with Crippen molar-refractivity contribution < 1.29 is 0 Å². The van der Waals surface area contributed by atoms with Crippen molar-refractivity contribution in [3.63, 3.8) is 0 Å². The van der Waals surface area contributed by atoms with Crippen LogP contribution in [0.3, 0.4) is 0 Å². The van der Waals surface area contributed by atoms with Crippen LogP contribution in [0.5, 0.6) is 0 Å². The molecule has 1 rings (SSSR count). The van der Waals surface area contributed by atoms with Crippen LogP contribution in [0.2, 0.25) is 0 Å². The molecule has 1 aliphatic rings. The monoisotopic (exact) mass is 170 g/mol. The Bertz CT molecular complexity index is 142. The maximum Gasteiger partial charge on any atom is 0.0287 e. The van der Waals surface area contributed by atoms with Gasteiger partial charge in [0.05, 0.1) is 0 Å². The summed E-state index contributed by atoms with van der Waals surface area (Å²) in [6.45, 7) is 12.2. The standard InChI is InChI=1S/C10H22N2/c1-9(2,3)12-7-6-8(12)10(4,5)11/h8H,6-7,11H2,1-5H3. The minimum Gasteiger partial charge on any atom is -0.324 e. The van der Waals surface area contributed by atoms with Crippen LogP contribution >= 0.6 is 0 Å². The van der Waals surface area contributed by atoms with Gasteiger partial charge in [0, 0.05) is 23.7 Å². The molecule has 0 aromatic rings. The average molecular weight is 170 g/mol. The highest BCUT2D eigenvalue weighted by atomic mass is 15.3. The molecule has 0 saturated carbocycles. The zero-order valence-electron chi connectivity index (χ0n) is 9.02. The normalized spacial score (nSPS) is 27.0. The van der Waals surface area contributed by atoms with Gasteiger partial charge in [0.25, 0.3) is 0 Å². The topological polar surface area (TPSA) is 29.3 Å². The zero-order chi connectivity index (χ0) is 9.57. The minimum absolute atomic E-state index is 0.0501. The maximum atomic E-state index is 6.09. The third-order valence-corrected chi connectivity index (χ3v) is 2.74. The fraction of sp³-hybridized carbons (Fsp3) is 1.00. The number of hydrogen-bond donors (Lipinski definition) is 1. The van der Waals surface area contributed by atoms with Crippen LogP contribution in [0.1, 0.15) is 41.0 Å². The lowest BCUT2D eigenvalue weighted by atomic mass is 9.82. The first-order chi connectivity index (χ1) is 5.23. The fourth-order valence-electron chi connectivity index (χ4n) is 1.96. The van der Waals surface area contributed by atoms with E-state index < -0.39 is 0 Å². The summed E-state index contributed by atoms with van der Waals surface area (Å²) in [5.74, 6) is 0. The second-order valence-corrected chi connectivity index (χ2v) is 5.49. The molecule has 0 radical (unpaired) electrons. The van der Waals surface area contributed by atoms with E-state index in [1.807, 2.05) is 0 Å². The van der Waals surface area contributed by atoms with Crippen molar-refractivity contribution >= 4 is 0 Å². The van der Waals surface area contributed by atoms with E-state index in [1.54, 1.807) is 0 Å². The van der Waals surface area contributed by atoms with Crippen molar-refractivity contribution in [3.8, 4) is 0 Å². The van der Waals surface area contributed by atoms with Crippen molar-refractivity contribution in [2.45, 2.75) is 58.2 Å². The van der Waals surface area contributed by atoms with Gasteiger partial charge in [0.1, 0.15) is 0 Å². The maximum absolute atomic E-state index is 6.09. The quantitative estimate of drug-likeness (QED) is 0.647. The van der Waals surface area contributed by atoms with Crippen LogP contribution in [0.15, 0.2) is 0 Å². The van der Waals surface area contributed by atoms with Crippen LogP contribution in [0.4, 0.5) is 0 Å². The Kier molecular flexibility index (Phi) is 2.26. The minimum atomic E-state index is -0.0501. The summed E-state index contributed by atoms with van der Waals surface area (Å²) in [6, 6.07) is 0.567. The van der Waals surface area contributed by atoms with Gasteiger partial charge in [0.15, 0.2) is 0 Å². The van der Waals surface area contributed by atoms with E-state index in [4.69, 9.17) is 5.73 Å². The molecular formula is C10H22N2. The molecule has 1 heterocycles. The van der Waals surface area contributed by atoms with E-state index in [1.165, 1.54) is 13.0 Å². The zero-order valence-corrected chi connectivity index (χ0v) is 9.02. The van der Waals surface area contributed by atoms with Crippen molar-refractivity contribution in [2.24, 2.45) is 5.73 Å². The van der Waals surface area contributed by atoms with Crippen molar-refractivity contribution in [3.05, 3.63) is 0 Å². The smallest absolute Gasteiger partial charge is 0.0287 e.